The molecule has 0 radical (unpaired) electrons. The zero-order valence-corrected chi connectivity index (χ0v) is 30.7. The van der Waals surface area contributed by atoms with Crippen LogP contribution in [0.25, 0.3) is 67.6 Å². The van der Waals surface area contributed by atoms with E-state index in [2.05, 4.69) is 188 Å². The number of hydrogen-bond acceptors (Lipinski definition) is 3. The van der Waals surface area contributed by atoms with Crippen LogP contribution in [-0.2, 0) is 0 Å². The maximum absolute atomic E-state index is 5.06. The molecule has 9 rings (SSSR count). The highest BCUT2D eigenvalue weighted by molar-refractivity contribution is 6.05. The summed E-state index contributed by atoms with van der Waals surface area (Å²) in [6.07, 6.45) is 0. The van der Waals surface area contributed by atoms with E-state index in [1.54, 1.807) is 0 Å². The topological polar surface area (TPSA) is 38.7 Å². The standard InChI is InChI=1S/C53H37N3/c1-6-18-38(19-7-1)46-29-17-31-48(37-46)53-55-51(43-26-14-5-15-27-43)54-52(56-53)44-34-32-39(33-35-44)45-28-16-30-47(36-45)50(42-24-12-4-13-25-42)49(40-20-8-2-9-21-40)41-22-10-3-11-23-41/h1-37H. The molecule has 56 heavy (non-hydrogen) atoms. The molecule has 0 aliphatic carbocycles. The number of nitrogens with zero attached hydrogens (tertiary/aromatic N) is 3. The number of benzene rings is 8. The Bertz CT molecular complexity index is 2700. The second kappa shape index (κ2) is 15.9. The van der Waals surface area contributed by atoms with Crippen molar-refractivity contribution >= 4 is 11.1 Å². The molecule has 0 saturated carbocycles. The molecule has 0 bridgehead atoms. The summed E-state index contributed by atoms with van der Waals surface area (Å²) in [4.78, 5) is 15.0. The third-order valence-electron chi connectivity index (χ3n) is 9.96. The average molecular weight is 716 g/mol. The van der Waals surface area contributed by atoms with Crippen LogP contribution < -0.4 is 0 Å². The minimum Gasteiger partial charge on any atom is -0.208 e. The molecular formula is C53H37N3. The molecular weight excluding hydrogens is 679 g/mol. The van der Waals surface area contributed by atoms with Crippen molar-refractivity contribution in [1.82, 2.24) is 15.0 Å². The predicted octanol–water partition coefficient (Wildman–Crippen LogP) is 13.2. The summed E-state index contributed by atoms with van der Waals surface area (Å²) >= 11 is 0. The zero-order valence-electron chi connectivity index (χ0n) is 30.7. The van der Waals surface area contributed by atoms with E-state index in [0.717, 1.165) is 50.1 Å². The molecule has 264 valence electrons. The van der Waals surface area contributed by atoms with Crippen molar-refractivity contribution in [2.75, 3.05) is 0 Å². The summed E-state index contributed by atoms with van der Waals surface area (Å²) in [7, 11) is 0. The summed E-state index contributed by atoms with van der Waals surface area (Å²) in [5.74, 6) is 1.90. The van der Waals surface area contributed by atoms with Gasteiger partial charge in [-0.15, -0.1) is 0 Å². The second-order valence-corrected chi connectivity index (χ2v) is 13.6. The first-order valence-electron chi connectivity index (χ1n) is 18.9. The molecule has 0 aliphatic heterocycles. The van der Waals surface area contributed by atoms with Crippen molar-refractivity contribution < 1.29 is 0 Å². The molecule has 0 N–H and O–H groups in total. The summed E-state index contributed by atoms with van der Waals surface area (Å²) < 4.78 is 0. The SMILES string of the molecule is c1ccc(C(=C(c2ccccc2)c2cccc(-c3ccc(-c4nc(-c5ccccc5)nc(-c5cccc(-c6ccccc6)c5)n4)cc3)c2)c2ccccc2)cc1. The van der Waals surface area contributed by atoms with E-state index in [4.69, 9.17) is 15.0 Å². The Kier molecular flexibility index (Phi) is 9.71. The lowest BCUT2D eigenvalue weighted by molar-refractivity contribution is 1.07. The molecule has 3 nitrogen and oxygen atoms in total. The van der Waals surface area contributed by atoms with Gasteiger partial charge >= 0.3 is 0 Å². The normalized spacial score (nSPS) is 10.9. The number of rotatable bonds is 9. The van der Waals surface area contributed by atoms with Gasteiger partial charge < -0.3 is 0 Å². The first-order valence-corrected chi connectivity index (χ1v) is 18.9. The smallest absolute Gasteiger partial charge is 0.164 e. The van der Waals surface area contributed by atoms with Crippen molar-refractivity contribution in [1.29, 1.82) is 0 Å². The quantitative estimate of drug-likeness (QED) is 0.140. The molecule has 0 saturated heterocycles. The molecule has 9 aromatic rings. The van der Waals surface area contributed by atoms with Crippen molar-refractivity contribution in [3.63, 3.8) is 0 Å². The number of hydrogen-bond donors (Lipinski definition) is 0. The fraction of sp³-hybridized carbons (Fsp3) is 0. The van der Waals surface area contributed by atoms with Crippen LogP contribution in [0.4, 0.5) is 0 Å². The van der Waals surface area contributed by atoms with E-state index in [9.17, 15) is 0 Å². The van der Waals surface area contributed by atoms with Crippen molar-refractivity contribution in [3.8, 4) is 56.4 Å². The van der Waals surface area contributed by atoms with Crippen molar-refractivity contribution in [3.05, 3.63) is 247 Å². The van der Waals surface area contributed by atoms with Crippen molar-refractivity contribution in [2.24, 2.45) is 0 Å². The van der Waals surface area contributed by atoms with Crippen LogP contribution in [0.1, 0.15) is 22.3 Å². The lowest BCUT2D eigenvalue weighted by atomic mass is 9.85. The molecule has 0 atom stereocenters. The summed E-state index contributed by atoms with van der Waals surface area (Å²) in [5, 5.41) is 0. The third kappa shape index (κ3) is 7.35. The fourth-order valence-electron chi connectivity index (χ4n) is 7.21. The highest BCUT2D eigenvalue weighted by atomic mass is 15.0. The van der Waals surface area contributed by atoms with E-state index in [1.807, 2.05) is 36.4 Å². The van der Waals surface area contributed by atoms with Gasteiger partial charge in [0.1, 0.15) is 0 Å². The van der Waals surface area contributed by atoms with E-state index in [1.165, 1.54) is 22.3 Å². The molecule has 3 heteroatoms. The van der Waals surface area contributed by atoms with Gasteiger partial charge in [-0.25, -0.2) is 15.0 Å². The van der Waals surface area contributed by atoms with Crippen LogP contribution in [0.2, 0.25) is 0 Å². The van der Waals surface area contributed by atoms with Crippen LogP contribution in [0.5, 0.6) is 0 Å². The Morgan fingerprint density at radius 2 is 0.518 bits per heavy atom. The van der Waals surface area contributed by atoms with Gasteiger partial charge in [0.25, 0.3) is 0 Å². The maximum atomic E-state index is 5.06. The van der Waals surface area contributed by atoms with E-state index < -0.39 is 0 Å². The van der Waals surface area contributed by atoms with Crippen LogP contribution in [0, 0.1) is 0 Å². The predicted molar refractivity (Wildman–Crippen MR) is 231 cm³/mol. The largest absolute Gasteiger partial charge is 0.208 e. The monoisotopic (exact) mass is 715 g/mol. The molecule has 8 aromatic carbocycles. The van der Waals surface area contributed by atoms with Gasteiger partial charge in [-0.2, -0.15) is 0 Å². The van der Waals surface area contributed by atoms with Gasteiger partial charge in [-0.3, -0.25) is 0 Å². The van der Waals surface area contributed by atoms with Crippen LogP contribution in [0.15, 0.2) is 224 Å². The van der Waals surface area contributed by atoms with Gasteiger partial charge in [-0.05, 0) is 67.8 Å². The minimum atomic E-state index is 0.629. The molecule has 1 aromatic heterocycles. The molecule has 0 unspecified atom stereocenters. The Balaban J connectivity index is 1.12. The first kappa shape index (κ1) is 34.3. The average Bonchev–Trinajstić information content (AvgIpc) is 3.29. The number of aromatic nitrogens is 3. The lowest BCUT2D eigenvalue weighted by Crippen LogP contribution is -2.00. The summed E-state index contributed by atoms with van der Waals surface area (Å²) in [6, 6.07) is 78.4. The molecule has 0 spiro atoms. The van der Waals surface area contributed by atoms with Gasteiger partial charge in [0.2, 0.25) is 0 Å². The van der Waals surface area contributed by atoms with Gasteiger partial charge in [0.05, 0.1) is 0 Å². The molecule has 1 heterocycles. The van der Waals surface area contributed by atoms with Gasteiger partial charge in [0, 0.05) is 16.7 Å². The van der Waals surface area contributed by atoms with Crippen LogP contribution in [-0.4, -0.2) is 15.0 Å². The van der Waals surface area contributed by atoms with Crippen LogP contribution in [0.3, 0.4) is 0 Å². The lowest BCUT2D eigenvalue weighted by Gasteiger charge is -2.19. The Morgan fingerprint density at radius 1 is 0.214 bits per heavy atom. The molecule has 0 aliphatic rings. The second-order valence-electron chi connectivity index (χ2n) is 13.6. The third-order valence-corrected chi connectivity index (χ3v) is 9.96. The van der Waals surface area contributed by atoms with Gasteiger partial charge in [-0.1, -0.05) is 212 Å². The Labute approximate surface area is 328 Å². The van der Waals surface area contributed by atoms with Crippen molar-refractivity contribution in [2.45, 2.75) is 0 Å². The van der Waals surface area contributed by atoms with E-state index in [0.29, 0.717) is 17.5 Å². The summed E-state index contributed by atoms with van der Waals surface area (Å²) in [5.41, 5.74) is 14.3. The van der Waals surface area contributed by atoms with Gasteiger partial charge in [0.15, 0.2) is 17.5 Å². The highest BCUT2D eigenvalue weighted by Gasteiger charge is 2.17. The minimum absolute atomic E-state index is 0.629. The molecule has 0 amide bonds. The first-order chi connectivity index (χ1) is 27.8. The Hall–Kier alpha value is -7.49. The molecule has 0 fully saturated rings. The summed E-state index contributed by atoms with van der Waals surface area (Å²) in [6.45, 7) is 0. The highest BCUT2D eigenvalue weighted by Crippen LogP contribution is 2.38. The fourth-order valence-corrected chi connectivity index (χ4v) is 7.21. The zero-order chi connectivity index (χ0) is 37.5. The Morgan fingerprint density at radius 3 is 1.04 bits per heavy atom. The van der Waals surface area contributed by atoms with Crippen LogP contribution >= 0.6 is 0 Å². The van der Waals surface area contributed by atoms with E-state index >= 15 is 0 Å². The maximum Gasteiger partial charge on any atom is 0.164 e. The van der Waals surface area contributed by atoms with E-state index in [-0.39, 0.29) is 0 Å².